The van der Waals surface area contributed by atoms with E-state index in [0.29, 0.717) is 11.4 Å². The lowest BCUT2D eigenvalue weighted by atomic mass is 10.2. The van der Waals surface area contributed by atoms with Gasteiger partial charge in [-0.25, -0.2) is 0 Å². The van der Waals surface area contributed by atoms with Crippen molar-refractivity contribution in [3.05, 3.63) is 23.8 Å². The molecule has 0 fully saturated rings. The number of nitrogens with zero attached hydrogens (tertiary/aromatic N) is 1. The minimum atomic E-state index is -0.322. The first-order valence-corrected chi connectivity index (χ1v) is 4.76. The summed E-state index contributed by atoms with van der Waals surface area (Å²) >= 11 is 0. The number of rotatable bonds is 4. The van der Waals surface area contributed by atoms with Gasteiger partial charge in [0.15, 0.2) is 6.61 Å². The number of anilines is 1. The number of nitrogen functional groups attached to an aromatic ring is 1. The summed E-state index contributed by atoms with van der Waals surface area (Å²) in [6.45, 7) is 1.73. The van der Waals surface area contributed by atoms with E-state index in [1.54, 1.807) is 18.2 Å². The topological polar surface area (TPSA) is 88.1 Å². The number of carbonyl (C=O) groups excluding carboxylic acids is 1. The number of amides is 1. The number of ether oxygens (including phenoxy) is 1. The second kappa shape index (κ2) is 5.61. The first-order valence-electron chi connectivity index (χ1n) is 4.76. The summed E-state index contributed by atoms with van der Waals surface area (Å²) in [5.41, 5.74) is 7.10. The molecule has 0 bridgehead atoms. The number of nitrogens with one attached hydrogen (secondary N) is 1. The van der Waals surface area contributed by atoms with Crippen LogP contribution in [0.5, 0.6) is 5.75 Å². The molecule has 3 N–H and O–H groups in total. The maximum absolute atomic E-state index is 11.1. The Morgan fingerprint density at radius 2 is 2.38 bits per heavy atom. The van der Waals surface area contributed by atoms with Gasteiger partial charge in [0.2, 0.25) is 0 Å². The highest BCUT2D eigenvalue weighted by Gasteiger charge is 2.04. The van der Waals surface area contributed by atoms with E-state index < -0.39 is 0 Å². The molecule has 0 radical (unpaired) electrons. The van der Waals surface area contributed by atoms with Gasteiger partial charge in [-0.2, -0.15) is 5.26 Å². The van der Waals surface area contributed by atoms with Gasteiger partial charge >= 0.3 is 0 Å². The Morgan fingerprint density at radius 3 is 3.00 bits per heavy atom. The van der Waals surface area contributed by atoms with Crippen LogP contribution < -0.4 is 15.8 Å². The molecule has 0 aliphatic heterocycles. The van der Waals surface area contributed by atoms with Crippen molar-refractivity contribution < 1.29 is 9.53 Å². The van der Waals surface area contributed by atoms with Crippen LogP contribution in [0, 0.1) is 18.3 Å². The molecule has 0 spiro atoms. The second-order valence-corrected chi connectivity index (χ2v) is 3.25. The Kier molecular flexibility index (Phi) is 4.16. The number of hydrogen-bond donors (Lipinski definition) is 2. The van der Waals surface area contributed by atoms with Crippen LogP contribution in [0.1, 0.15) is 5.56 Å². The minimum Gasteiger partial charge on any atom is -0.484 e. The first kappa shape index (κ1) is 11.9. The third-order valence-electron chi connectivity index (χ3n) is 1.92. The zero-order valence-electron chi connectivity index (χ0n) is 8.99. The molecule has 0 heterocycles. The predicted molar refractivity (Wildman–Crippen MR) is 59.7 cm³/mol. The van der Waals surface area contributed by atoms with Gasteiger partial charge in [-0.1, -0.05) is 0 Å². The molecular formula is C11H13N3O2. The van der Waals surface area contributed by atoms with Gasteiger partial charge in [-0.05, 0) is 30.7 Å². The fourth-order valence-electron chi connectivity index (χ4n) is 1.17. The molecule has 0 unspecified atom stereocenters. The molecule has 0 aliphatic carbocycles. The summed E-state index contributed by atoms with van der Waals surface area (Å²) in [5, 5.41) is 10.6. The lowest BCUT2D eigenvalue weighted by Crippen LogP contribution is -2.29. The van der Waals surface area contributed by atoms with Crippen LogP contribution in [0.15, 0.2) is 18.2 Å². The van der Waals surface area contributed by atoms with Crippen molar-refractivity contribution in [2.75, 3.05) is 18.9 Å². The summed E-state index contributed by atoms with van der Waals surface area (Å²) in [5.74, 6) is 0.291. The van der Waals surface area contributed by atoms with Gasteiger partial charge in [-0.15, -0.1) is 0 Å². The average molecular weight is 219 g/mol. The van der Waals surface area contributed by atoms with E-state index in [0.717, 1.165) is 5.56 Å². The summed E-state index contributed by atoms with van der Waals surface area (Å²) in [7, 11) is 0. The van der Waals surface area contributed by atoms with Crippen molar-refractivity contribution >= 4 is 11.6 Å². The summed E-state index contributed by atoms with van der Waals surface area (Å²) < 4.78 is 5.27. The molecule has 0 aliphatic rings. The SMILES string of the molecule is Cc1cc(N)ccc1OCC(=O)NCC#N. The minimum absolute atomic E-state index is 0.0110. The molecule has 0 atom stereocenters. The summed E-state index contributed by atoms with van der Waals surface area (Å²) in [6.07, 6.45) is 0. The third-order valence-corrected chi connectivity index (χ3v) is 1.92. The lowest BCUT2D eigenvalue weighted by Gasteiger charge is -2.08. The quantitative estimate of drug-likeness (QED) is 0.573. The zero-order chi connectivity index (χ0) is 12.0. The fraction of sp³-hybridized carbons (Fsp3) is 0.273. The molecule has 16 heavy (non-hydrogen) atoms. The molecule has 0 saturated heterocycles. The zero-order valence-corrected chi connectivity index (χ0v) is 8.99. The van der Waals surface area contributed by atoms with Gasteiger partial charge in [0.05, 0.1) is 6.07 Å². The predicted octanol–water partition coefficient (Wildman–Crippen LogP) is 0.596. The molecule has 1 rings (SSSR count). The molecule has 1 aromatic rings. The summed E-state index contributed by atoms with van der Waals surface area (Å²) in [6, 6.07) is 6.99. The van der Waals surface area contributed by atoms with E-state index in [1.807, 2.05) is 13.0 Å². The number of aryl methyl sites for hydroxylation is 1. The molecule has 5 heteroatoms. The Hall–Kier alpha value is -2.22. The second-order valence-electron chi connectivity index (χ2n) is 3.25. The standard InChI is InChI=1S/C11H13N3O2/c1-8-6-9(13)2-3-10(8)16-7-11(15)14-5-4-12/h2-3,6H,5,7,13H2,1H3,(H,14,15). The van der Waals surface area contributed by atoms with Crippen LogP contribution >= 0.6 is 0 Å². The Bertz CT molecular complexity index is 424. The normalized spacial score (nSPS) is 9.25. The number of nitrogens with two attached hydrogens (primary N) is 1. The van der Waals surface area contributed by atoms with Crippen molar-refractivity contribution in [1.82, 2.24) is 5.32 Å². The first-order chi connectivity index (χ1) is 7.63. The maximum Gasteiger partial charge on any atom is 0.258 e. The van der Waals surface area contributed by atoms with E-state index in [4.69, 9.17) is 15.7 Å². The van der Waals surface area contributed by atoms with E-state index in [1.165, 1.54) is 0 Å². The lowest BCUT2D eigenvalue weighted by molar-refractivity contribution is -0.122. The van der Waals surface area contributed by atoms with Crippen LogP contribution in [0.2, 0.25) is 0 Å². The van der Waals surface area contributed by atoms with Crippen LogP contribution in [0.3, 0.4) is 0 Å². The smallest absolute Gasteiger partial charge is 0.258 e. The van der Waals surface area contributed by atoms with Crippen LogP contribution in [0.25, 0.3) is 0 Å². The highest BCUT2D eigenvalue weighted by Crippen LogP contribution is 2.19. The van der Waals surface area contributed by atoms with Gasteiger partial charge in [0, 0.05) is 5.69 Å². The number of benzene rings is 1. The maximum atomic E-state index is 11.1. The van der Waals surface area contributed by atoms with E-state index >= 15 is 0 Å². The molecular weight excluding hydrogens is 206 g/mol. The highest BCUT2D eigenvalue weighted by molar-refractivity contribution is 5.77. The van der Waals surface area contributed by atoms with Crippen molar-refractivity contribution in [2.45, 2.75) is 6.92 Å². The van der Waals surface area contributed by atoms with Crippen molar-refractivity contribution in [2.24, 2.45) is 0 Å². The van der Waals surface area contributed by atoms with E-state index in [9.17, 15) is 4.79 Å². The Balaban J connectivity index is 2.49. The van der Waals surface area contributed by atoms with Gasteiger partial charge in [0.25, 0.3) is 5.91 Å². The van der Waals surface area contributed by atoms with Crippen LogP contribution in [-0.2, 0) is 4.79 Å². The van der Waals surface area contributed by atoms with Crippen molar-refractivity contribution in [1.29, 1.82) is 5.26 Å². The van der Waals surface area contributed by atoms with Gasteiger partial charge in [-0.3, -0.25) is 4.79 Å². The Morgan fingerprint density at radius 1 is 1.62 bits per heavy atom. The molecule has 5 nitrogen and oxygen atoms in total. The van der Waals surface area contributed by atoms with E-state index in [2.05, 4.69) is 5.32 Å². The van der Waals surface area contributed by atoms with Gasteiger partial charge in [0.1, 0.15) is 12.3 Å². The average Bonchev–Trinajstić information content (AvgIpc) is 2.25. The largest absolute Gasteiger partial charge is 0.484 e. The number of nitriles is 1. The van der Waals surface area contributed by atoms with Crippen LogP contribution in [0.4, 0.5) is 5.69 Å². The molecule has 84 valence electrons. The third kappa shape index (κ3) is 3.50. The molecule has 1 aromatic carbocycles. The van der Waals surface area contributed by atoms with Gasteiger partial charge < -0.3 is 15.8 Å². The highest BCUT2D eigenvalue weighted by atomic mass is 16.5. The van der Waals surface area contributed by atoms with Crippen LogP contribution in [-0.4, -0.2) is 19.1 Å². The molecule has 0 saturated carbocycles. The molecule has 0 aromatic heterocycles. The molecule has 1 amide bonds. The number of carbonyl (C=O) groups is 1. The van der Waals surface area contributed by atoms with Crippen molar-refractivity contribution in [3.63, 3.8) is 0 Å². The number of hydrogen-bond acceptors (Lipinski definition) is 4. The van der Waals surface area contributed by atoms with Crippen molar-refractivity contribution in [3.8, 4) is 11.8 Å². The Labute approximate surface area is 93.8 Å². The van der Waals surface area contributed by atoms with E-state index in [-0.39, 0.29) is 19.1 Å². The fourth-order valence-corrected chi connectivity index (χ4v) is 1.17. The summed E-state index contributed by atoms with van der Waals surface area (Å²) in [4.78, 5) is 11.1. The monoisotopic (exact) mass is 219 g/mol.